The van der Waals surface area contributed by atoms with E-state index in [4.69, 9.17) is 0 Å². The third kappa shape index (κ3) is 1.97. The van der Waals surface area contributed by atoms with Crippen LogP contribution in [0.25, 0.3) is 5.65 Å². The van der Waals surface area contributed by atoms with Gasteiger partial charge in [0.15, 0.2) is 11.5 Å². The van der Waals surface area contributed by atoms with Gasteiger partial charge in [0.2, 0.25) is 0 Å². The number of nitrogens with one attached hydrogen (secondary N) is 1. The molecule has 3 aromatic rings. The number of hydrogen-bond acceptors (Lipinski definition) is 4. The van der Waals surface area contributed by atoms with Gasteiger partial charge in [0.05, 0.1) is 6.20 Å². The zero-order valence-electron chi connectivity index (χ0n) is 11.8. The SMILES string of the molecule is CNc1cn2ccnc2c(N(C)c2ccccc2C)n1. The Balaban J connectivity index is 2.18. The van der Waals surface area contributed by atoms with Crippen LogP contribution in [0.3, 0.4) is 0 Å². The molecular weight excluding hydrogens is 250 g/mol. The Morgan fingerprint density at radius 2 is 2.05 bits per heavy atom. The summed E-state index contributed by atoms with van der Waals surface area (Å²) in [4.78, 5) is 11.1. The lowest BCUT2D eigenvalue weighted by Crippen LogP contribution is -2.15. The predicted molar refractivity (Wildman–Crippen MR) is 81.8 cm³/mol. The fourth-order valence-corrected chi connectivity index (χ4v) is 2.31. The second kappa shape index (κ2) is 4.85. The van der Waals surface area contributed by atoms with Gasteiger partial charge in [-0.15, -0.1) is 0 Å². The van der Waals surface area contributed by atoms with E-state index in [1.54, 1.807) is 6.20 Å². The zero-order chi connectivity index (χ0) is 14.1. The standard InChI is InChI=1S/C15H17N5/c1-11-6-4-5-7-12(11)19(3)15-14-17-8-9-20(14)10-13(16-2)18-15/h4-10,16H,1-3H3. The third-order valence-electron chi connectivity index (χ3n) is 3.41. The van der Waals surface area contributed by atoms with Crippen LogP contribution in [-0.2, 0) is 0 Å². The van der Waals surface area contributed by atoms with Crippen molar-refractivity contribution in [3.05, 3.63) is 48.4 Å². The Morgan fingerprint density at radius 3 is 2.80 bits per heavy atom. The van der Waals surface area contributed by atoms with E-state index in [-0.39, 0.29) is 0 Å². The number of hydrogen-bond donors (Lipinski definition) is 1. The van der Waals surface area contributed by atoms with Gasteiger partial charge in [-0.3, -0.25) is 0 Å². The normalized spacial score (nSPS) is 10.8. The average Bonchev–Trinajstić information content (AvgIpc) is 2.94. The molecule has 0 aliphatic rings. The molecule has 3 rings (SSSR count). The van der Waals surface area contributed by atoms with E-state index in [0.29, 0.717) is 0 Å². The van der Waals surface area contributed by atoms with Crippen molar-refractivity contribution < 1.29 is 0 Å². The predicted octanol–water partition coefficient (Wildman–Crippen LogP) is 2.85. The van der Waals surface area contributed by atoms with E-state index in [1.807, 2.05) is 43.0 Å². The number of imidazole rings is 1. The largest absolute Gasteiger partial charge is 0.372 e. The van der Waals surface area contributed by atoms with Crippen LogP contribution in [0, 0.1) is 6.92 Å². The average molecular weight is 267 g/mol. The monoisotopic (exact) mass is 267 g/mol. The first-order valence-electron chi connectivity index (χ1n) is 6.51. The highest BCUT2D eigenvalue weighted by Gasteiger charge is 2.14. The van der Waals surface area contributed by atoms with Crippen molar-refractivity contribution in [2.75, 3.05) is 24.3 Å². The molecule has 20 heavy (non-hydrogen) atoms. The highest BCUT2D eigenvalue weighted by molar-refractivity contribution is 5.74. The smallest absolute Gasteiger partial charge is 0.180 e. The third-order valence-corrected chi connectivity index (χ3v) is 3.41. The van der Waals surface area contributed by atoms with Crippen molar-refractivity contribution in [1.29, 1.82) is 0 Å². The number of aryl methyl sites for hydroxylation is 1. The van der Waals surface area contributed by atoms with E-state index >= 15 is 0 Å². The maximum Gasteiger partial charge on any atom is 0.180 e. The lowest BCUT2D eigenvalue weighted by molar-refractivity contribution is 1.06. The summed E-state index contributed by atoms with van der Waals surface area (Å²) >= 11 is 0. The molecule has 0 unspecified atom stereocenters. The quantitative estimate of drug-likeness (QED) is 0.792. The van der Waals surface area contributed by atoms with E-state index in [1.165, 1.54) is 5.56 Å². The van der Waals surface area contributed by atoms with Gasteiger partial charge in [0.25, 0.3) is 0 Å². The van der Waals surface area contributed by atoms with Gasteiger partial charge in [0, 0.05) is 32.2 Å². The first-order chi connectivity index (χ1) is 9.70. The second-order valence-electron chi connectivity index (χ2n) is 4.70. The van der Waals surface area contributed by atoms with Crippen molar-refractivity contribution in [3.63, 3.8) is 0 Å². The molecule has 0 atom stereocenters. The number of para-hydroxylation sites is 1. The molecular formula is C15H17N5. The van der Waals surface area contributed by atoms with Crippen LogP contribution in [0.2, 0.25) is 0 Å². The number of fused-ring (bicyclic) bond motifs is 1. The maximum absolute atomic E-state index is 4.64. The topological polar surface area (TPSA) is 45.5 Å². The summed E-state index contributed by atoms with van der Waals surface area (Å²) in [6.07, 6.45) is 5.64. The van der Waals surface area contributed by atoms with Gasteiger partial charge in [-0.2, -0.15) is 0 Å². The summed E-state index contributed by atoms with van der Waals surface area (Å²) in [6, 6.07) is 8.25. The zero-order valence-corrected chi connectivity index (χ0v) is 11.8. The van der Waals surface area contributed by atoms with Crippen molar-refractivity contribution >= 4 is 23.0 Å². The first kappa shape index (κ1) is 12.5. The Morgan fingerprint density at radius 1 is 1.25 bits per heavy atom. The Hall–Kier alpha value is -2.56. The van der Waals surface area contributed by atoms with Gasteiger partial charge >= 0.3 is 0 Å². The van der Waals surface area contributed by atoms with Crippen molar-refractivity contribution in [3.8, 4) is 0 Å². The molecule has 102 valence electrons. The number of rotatable bonds is 3. The first-order valence-corrected chi connectivity index (χ1v) is 6.51. The Kier molecular flexibility index (Phi) is 3.02. The van der Waals surface area contributed by atoms with Crippen LogP contribution < -0.4 is 10.2 Å². The van der Waals surface area contributed by atoms with E-state index in [2.05, 4.69) is 39.2 Å². The molecule has 0 radical (unpaired) electrons. The Labute approximate surface area is 117 Å². The van der Waals surface area contributed by atoms with Gasteiger partial charge in [0.1, 0.15) is 5.82 Å². The van der Waals surface area contributed by atoms with Gasteiger partial charge in [-0.05, 0) is 18.6 Å². The molecule has 2 aromatic heterocycles. The Bertz CT molecular complexity index is 747. The van der Waals surface area contributed by atoms with Gasteiger partial charge < -0.3 is 14.6 Å². The van der Waals surface area contributed by atoms with Gasteiger partial charge in [-0.25, -0.2) is 9.97 Å². The lowest BCUT2D eigenvalue weighted by atomic mass is 10.2. The summed E-state index contributed by atoms with van der Waals surface area (Å²) < 4.78 is 1.98. The van der Waals surface area contributed by atoms with Crippen LogP contribution in [0.15, 0.2) is 42.9 Å². The van der Waals surface area contributed by atoms with E-state index in [0.717, 1.165) is 23.0 Å². The van der Waals surface area contributed by atoms with E-state index in [9.17, 15) is 0 Å². The number of nitrogens with zero attached hydrogens (tertiary/aromatic N) is 4. The van der Waals surface area contributed by atoms with Crippen LogP contribution in [-0.4, -0.2) is 28.5 Å². The molecule has 1 aromatic carbocycles. The molecule has 0 fully saturated rings. The molecule has 0 amide bonds. The molecule has 0 aliphatic carbocycles. The lowest BCUT2D eigenvalue weighted by Gasteiger charge is -2.21. The molecule has 2 heterocycles. The molecule has 5 nitrogen and oxygen atoms in total. The van der Waals surface area contributed by atoms with Crippen molar-refractivity contribution in [2.45, 2.75) is 6.92 Å². The highest BCUT2D eigenvalue weighted by Crippen LogP contribution is 2.28. The van der Waals surface area contributed by atoms with Crippen molar-refractivity contribution in [2.24, 2.45) is 0 Å². The number of anilines is 3. The summed E-state index contributed by atoms with van der Waals surface area (Å²) in [5.41, 5.74) is 3.17. The number of aromatic nitrogens is 3. The molecule has 0 aliphatic heterocycles. The van der Waals surface area contributed by atoms with Crippen LogP contribution in [0.4, 0.5) is 17.3 Å². The molecule has 0 spiro atoms. The molecule has 0 saturated carbocycles. The maximum atomic E-state index is 4.64. The fraction of sp³-hybridized carbons (Fsp3) is 0.200. The molecule has 1 N–H and O–H groups in total. The summed E-state index contributed by atoms with van der Waals surface area (Å²) in [5, 5.41) is 3.08. The number of benzene rings is 1. The van der Waals surface area contributed by atoms with Crippen LogP contribution >= 0.6 is 0 Å². The summed E-state index contributed by atoms with van der Waals surface area (Å²) in [6.45, 7) is 2.09. The molecule has 5 heteroatoms. The second-order valence-corrected chi connectivity index (χ2v) is 4.70. The van der Waals surface area contributed by atoms with Crippen molar-refractivity contribution in [1.82, 2.24) is 14.4 Å². The molecule has 0 bridgehead atoms. The minimum Gasteiger partial charge on any atom is -0.372 e. The minimum atomic E-state index is 0.811. The highest BCUT2D eigenvalue weighted by atomic mass is 15.2. The van der Waals surface area contributed by atoms with Crippen LogP contribution in [0.1, 0.15) is 5.56 Å². The summed E-state index contributed by atoms with van der Waals surface area (Å²) in [7, 11) is 3.88. The van der Waals surface area contributed by atoms with Crippen LogP contribution in [0.5, 0.6) is 0 Å². The minimum absolute atomic E-state index is 0.811. The van der Waals surface area contributed by atoms with Gasteiger partial charge in [-0.1, -0.05) is 18.2 Å². The molecule has 0 saturated heterocycles. The van der Waals surface area contributed by atoms with E-state index < -0.39 is 0 Å². The summed E-state index contributed by atoms with van der Waals surface area (Å²) in [5.74, 6) is 1.64. The fourth-order valence-electron chi connectivity index (χ4n) is 2.31.